The number of halogens is 4. The molecule has 2 aromatic rings. The molecule has 0 saturated carbocycles. The number of hydrogen-bond donors (Lipinski definition) is 3. The first kappa shape index (κ1) is 24.7. The minimum atomic E-state index is -3.61. The number of nitrogens with zero attached hydrogens (tertiary/aromatic N) is 2. The van der Waals surface area contributed by atoms with Gasteiger partial charge in [-0.15, -0.1) is 11.8 Å². The third-order valence-corrected chi connectivity index (χ3v) is 7.75. The van der Waals surface area contributed by atoms with E-state index in [0.29, 0.717) is 22.8 Å². The van der Waals surface area contributed by atoms with Gasteiger partial charge in [0.2, 0.25) is 15.9 Å². The van der Waals surface area contributed by atoms with Crippen LogP contribution >= 0.6 is 35.0 Å². The van der Waals surface area contributed by atoms with Crippen LogP contribution in [0.1, 0.15) is 25.0 Å². The Bertz CT molecular complexity index is 1120. The van der Waals surface area contributed by atoms with Crippen molar-refractivity contribution in [2.45, 2.75) is 30.6 Å². The number of rotatable bonds is 9. The normalized spacial score (nSPS) is 15.5. The van der Waals surface area contributed by atoms with Crippen molar-refractivity contribution < 1.29 is 22.0 Å². The van der Waals surface area contributed by atoms with Gasteiger partial charge >= 0.3 is 0 Å². The van der Waals surface area contributed by atoms with E-state index in [1.807, 2.05) is 0 Å². The van der Waals surface area contributed by atoms with E-state index in [0.717, 1.165) is 0 Å². The fraction of sp³-hybridized carbons (Fsp3) is 0.389. The number of nitrogens with one attached hydrogen (secondary N) is 3. The van der Waals surface area contributed by atoms with E-state index in [4.69, 9.17) is 23.2 Å². The monoisotopic (exact) mass is 525 g/mol. The van der Waals surface area contributed by atoms with Gasteiger partial charge in [-0.3, -0.25) is 9.52 Å². The van der Waals surface area contributed by atoms with E-state index in [1.54, 1.807) is 6.92 Å². The van der Waals surface area contributed by atoms with Crippen molar-refractivity contribution in [1.29, 1.82) is 0 Å². The highest BCUT2D eigenvalue weighted by Crippen LogP contribution is 2.43. The lowest BCUT2D eigenvalue weighted by atomic mass is 10.1. The molecule has 2 heterocycles. The Morgan fingerprint density at radius 2 is 2.06 bits per heavy atom. The number of hydrogen-bond acceptors (Lipinski definition) is 7. The average molecular weight is 526 g/mol. The minimum Gasteiger partial charge on any atom is -0.363 e. The molecule has 8 nitrogen and oxygen atoms in total. The summed E-state index contributed by atoms with van der Waals surface area (Å²) in [6, 6.07) is 2.82. The molecule has 0 aliphatic carbocycles. The first-order chi connectivity index (χ1) is 15.1. The average Bonchev–Trinajstić information content (AvgIpc) is 3.16. The topological polar surface area (TPSA) is 113 Å². The zero-order chi connectivity index (χ0) is 23.5. The van der Waals surface area contributed by atoms with Crippen LogP contribution in [0.15, 0.2) is 23.4 Å². The number of aromatic nitrogens is 2. The molecule has 1 aromatic heterocycles. The lowest BCUT2D eigenvalue weighted by molar-refractivity contribution is -0.117. The Kier molecular flexibility index (Phi) is 8.01. The first-order valence-corrected chi connectivity index (χ1v) is 12.8. The van der Waals surface area contributed by atoms with Crippen LogP contribution in [0.25, 0.3) is 0 Å². The van der Waals surface area contributed by atoms with Crippen molar-refractivity contribution in [1.82, 2.24) is 9.97 Å². The predicted molar refractivity (Wildman–Crippen MR) is 123 cm³/mol. The molecule has 1 aliphatic heterocycles. The third-order valence-electron chi connectivity index (χ3n) is 4.37. The molecular formula is C18H19Cl2F2N5O3S2. The second-order valence-electron chi connectivity index (χ2n) is 6.77. The van der Waals surface area contributed by atoms with Gasteiger partial charge in [-0.2, -0.15) is 0 Å². The highest BCUT2D eigenvalue weighted by Gasteiger charge is 2.34. The van der Waals surface area contributed by atoms with Crippen molar-refractivity contribution in [3.05, 3.63) is 34.2 Å². The Hall–Kier alpha value is -1.89. The van der Waals surface area contributed by atoms with Crippen LogP contribution in [0.5, 0.6) is 0 Å². The van der Waals surface area contributed by atoms with Crippen LogP contribution in [0, 0.1) is 0 Å². The quantitative estimate of drug-likeness (QED) is 0.443. The fourth-order valence-electron chi connectivity index (χ4n) is 2.97. The summed E-state index contributed by atoms with van der Waals surface area (Å²) in [5, 5.41) is 5.25. The summed E-state index contributed by atoms with van der Waals surface area (Å²) < 4.78 is 51.6. The van der Waals surface area contributed by atoms with E-state index in [1.165, 1.54) is 30.2 Å². The van der Waals surface area contributed by atoms with Crippen molar-refractivity contribution in [2.24, 2.45) is 0 Å². The molecule has 3 N–H and O–H groups in total. The number of alkyl halides is 2. The Morgan fingerprint density at radius 1 is 1.31 bits per heavy atom. The third kappa shape index (κ3) is 5.72. The molecule has 1 unspecified atom stereocenters. The zero-order valence-corrected chi connectivity index (χ0v) is 19.8. The molecule has 3 rings (SSSR count). The van der Waals surface area contributed by atoms with Crippen molar-refractivity contribution >= 4 is 68.1 Å². The van der Waals surface area contributed by atoms with Crippen molar-refractivity contribution in [2.75, 3.05) is 33.4 Å². The maximum absolute atomic E-state index is 13.0. The summed E-state index contributed by atoms with van der Waals surface area (Å²) >= 11 is 13.8. The van der Waals surface area contributed by atoms with Crippen LogP contribution in [-0.2, 0) is 14.8 Å². The van der Waals surface area contributed by atoms with Crippen LogP contribution in [-0.4, -0.2) is 48.8 Å². The van der Waals surface area contributed by atoms with Crippen molar-refractivity contribution in [3.63, 3.8) is 0 Å². The van der Waals surface area contributed by atoms with Gasteiger partial charge in [-0.25, -0.2) is 27.2 Å². The number of benzene rings is 1. The van der Waals surface area contributed by atoms with Gasteiger partial charge in [-0.1, -0.05) is 30.1 Å². The second kappa shape index (κ2) is 10.4. The van der Waals surface area contributed by atoms with E-state index < -0.39 is 34.8 Å². The predicted octanol–water partition coefficient (Wildman–Crippen LogP) is 4.44. The zero-order valence-electron chi connectivity index (χ0n) is 16.7. The van der Waals surface area contributed by atoms with Gasteiger partial charge < -0.3 is 10.6 Å². The highest BCUT2D eigenvalue weighted by molar-refractivity contribution is 7.99. The molecule has 1 aromatic carbocycles. The summed E-state index contributed by atoms with van der Waals surface area (Å²) in [7, 11) is -3.61. The largest absolute Gasteiger partial charge is 0.363 e. The summed E-state index contributed by atoms with van der Waals surface area (Å²) in [5.74, 6) is -0.740. The van der Waals surface area contributed by atoms with E-state index >= 15 is 0 Å². The molecule has 14 heteroatoms. The number of carbonyl (C=O) groups excluding carboxylic acids is 1. The van der Waals surface area contributed by atoms with Gasteiger partial charge in [0.25, 0.3) is 6.43 Å². The number of amides is 1. The second-order valence-corrected chi connectivity index (χ2v) is 10.4. The number of fused-ring (bicyclic) bond motifs is 1. The number of sulfonamides is 1. The maximum atomic E-state index is 13.0. The molecule has 1 amide bonds. The molecule has 0 spiro atoms. The Balaban J connectivity index is 1.82. The standard InChI is InChI=1S/C18H19Cl2F2N5O3S2/c1-2-5-32(29,30)27-11-4-3-10(19)15(13(11)20)26-18(28)9-7-31-16-14(9)24-8-25-17(16)23-6-12(21)22/h3-4,8-9,12,27H,2,5-7H2,1H3,(H,26,28)(H,23,24,25). The van der Waals surface area contributed by atoms with Crippen LogP contribution in [0.3, 0.4) is 0 Å². The Morgan fingerprint density at radius 3 is 2.75 bits per heavy atom. The summed E-state index contributed by atoms with van der Waals surface area (Å²) in [4.78, 5) is 21.6. The van der Waals surface area contributed by atoms with Crippen LogP contribution in [0.4, 0.5) is 26.0 Å². The van der Waals surface area contributed by atoms with Gasteiger partial charge in [0.05, 0.1) is 50.2 Å². The van der Waals surface area contributed by atoms with Gasteiger partial charge in [-0.05, 0) is 18.6 Å². The summed E-state index contributed by atoms with van der Waals surface area (Å²) in [6.45, 7) is 1.15. The maximum Gasteiger partial charge on any atom is 0.255 e. The highest BCUT2D eigenvalue weighted by atomic mass is 35.5. The Labute approximate surface area is 197 Å². The van der Waals surface area contributed by atoms with Gasteiger partial charge in [0, 0.05) is 5.75 Å². The molecule has 0 bridgehead atoms. The van der Waals surface area contributed by atoms with E-state index in [-0.39, 0.29) is 33.0 Å². The molecular weight excluding hydrogens is 507 g/mol. The van der Waals surface area contributed by atoms with Gasteiger partial charge in [0.15, 0.2) is 0 Å². The molecule has 1 aliphatic rings. The van der Waals surface area contributed by atoms with Crippen LogP contribution < -0.4 is 15.4 Å². The molecule has 1 atom stereocenters. The molecule has 0 saturated heterocycles. The number of anilines is 3. The molecule has 0 radical (unpaired) electrons. The molecule has 0 fully saturated rings. The molecule has 174 valence electrons. The first-order valence-electron chi connectivity index (χ1n) is 9.42. The van der Waals surface area contributed by atoms with Gasteiger partial charge in [0.1, 0.15) is 12.1 Å². The lowest BCUT2D eigenvalue weighted by Crippen LogP contribution is -2.23. The van der Waals surface area contributed by atoms with E-state index in [2.05, 4.69) is 25.3 Å². The molecule has 32 heavy (non-hydrogen) atoms. The number of carbonyl (C=O) groups is 1. The minimum absolute atomic E-state index is 0.0542. The number of thioether (sulfide) groups is 1. The lowest BCUT2D eigenvalue weighted by Gasteiger charge is -2.16. The summed E-state index contributed by atoms with van der Waals surface area (Å²) in [5.41, 5.74) is 0.534. The summed E-state index contributed by atoms with van der Waals surface area (Å²) in [6.07, 6.45) is -0.946. The fourth-order valence-corrected chi connectivity index (χ4v) is 5.93. The van der Waals surface area contributed by atoms with E-state index in [9.17, 15) is 22.0 Å². The smallest absolute Gasteiger partial charge is 0.255 e. The SMILES string of the molecule is CCCS(=O)(=O)Nc1ccc(Cl)c(NC(=O)C2CSc3c(NCC(F)F)ncnc32)c1Cl. The van der Waals surface area contributed by atoms with Crippen molar-refractivity contribution in [3.8, 4) is 0 Å². The van der Waals surface area contributed by atoms with Crippen LogP contribution in [0.2, 0.25) is 10.0 Å².